The highest BCUT2D eigenvalue weighted by atomic mass is 14.9. The van der Waals surface area contributed by atoms with Crippen LogP contribution in [0.2, 0.25) is 0 Å². The first kappa shape index (κ1) is 11.4. The van der Waals surface area contributed by atoms with Gasteiger partial charge in [0.2, 0.25) is 0 Å². The molecule has 0 spiro atoms. The predicted octanol–water partition coefficient (Wildman–Crippen LogP) is 3.34. The van der Waals surface area contributed by atoms with Crippen LogP contribution >= 0.6 is 0 Å². The summed E-state index contributed by atoms with van der Waals surface area (Å²) < 4.78 is 0. The Morgan fingerprint density at radius 1 is 0.941 bits per heavy atom. The van der Waals surface area contributed by atoms with E-state index in [-0.39, 0.29) is 0 Å². The van der Waals surface area contributed by atoms with Crippen molar-refractivity contribution in [3.05, 3.63) is 65.2 Å². The van der Waals surface area contributed by atoms with E-state index in [0.29, 0.717) is 5.84 Å². The number of aryl methyl sites for hydroxylation is 2. The lowest BCUT2D eigenvalue weighted by atomic mass is 10.1. The van der Waals surface area contributed by atoms with E-state index >= 15 is 0 Å². The van der Waals surface area contributed by atoms with Gasteiger partial charge >= 0.3 is 0 Å². The van der Waals surface area contributed by atoms with E-state index in [1.165, 1.54) is 11.1 Å². The Balaban J connectivity index is 2.37. The Morgan fingerprint density at radius 2 is 1.53 bits per heavy atom. The minimum Gasteiger partial charge on any atom is -0.383 e. The molecular formula is C15H16N2. The lowest BCUT2D eigenvalue weighted by Crippen LogP contribution is -2.13. The summed E-state index contributed by atoms with van der Waals surface area (Å²) in [6, 6.07) is 16.0. The Labute approximate surface area is 102 Å². The second kappa shape index (κ2) is 4.83. The Hall–Kier alpha value is -2.09. The van der Waals surface area contributed by atoms with Crippen molar-refractivity contribution in [2.75, 3.05) is 0 Å². The van der Waals surface area contributed by atoms with Crippen molar-refractivity contribution in [1.82, 2.24) is 0 Å². The molecule has 0 saturated heterocycles. The third-order valence-electron chi connectivity index (χ3n) is 2.52. The molecule has 0 bridgehead atoms. The van der Waals surface area contributed by atoms with Crippen molar-refractivity contribution in [2.45, 2.75) is 13.8 Å². The Kier molecular flexibility index (Phi) is 3.24. The van der Waals surface area contributed by atoms with Crippen LogP contribution in [-0.2, 0) is 0 Å². The maximum atomic E-state index is 6.01. The number of hydrogen-bond donors (Lipinski definition) is 1. The quantitative estimate of drug-likeness (QED) is 0.616. The third kappa shape index (κ3) is 2.94. The van der Waals surface area contributed by atoms with E-state index < -0.39 is 0 Å². The van der Waals surface area contributed by atoms with Gasteiger partial charge in [-0.15, -0.1) is 0 Å². The van der Waals surface area contributed by atoms with Crippen LogP contribution in [-0.4, -0.2) is 5.84 Å². The fourth-order valence-electron chi connectivity index (χ4n) is 1.83. The van der Waals surface area contributed by atoms with E-state index in [1.54, 1.807) is 0 Å². The third-order valence-corrected chi connectivity index (χ3v) is 2.52. The molecule has 0 atom stereocenters. The molecule has 2 rings (SSSR count). The normalized spacial score (nSPS) is 11.5. The van der Waals surface area contributed by atoms with Crippen molar-refractivity contribution < 1.29 is 0 Å². The molecule has 2 aromatic rings. The van der Waals surface area contributed by atoms with Gasteiger partial charge in [0.1, 0.15) is 5.84 Å². The van der Waals surface area contributed by atoms with Crippen LogP contribution < -0.4 is 5.73 Å². The van der Waals surface area contributed by atoms with Gasteiger partial charge in [-0.1, -0.05) is 35.4 Å². The fourth-order valence-corrected chi connectivity index (χ4v) is 1.83. The fraction of sp³-hybridized carbons (Fsp3) is 0.133. The minimum atomic E-state index is 0.558. The number of para-hydroxylation sites is 1. The molecule has 2 nitrogen and oxygen atoms in total. The average molecular weight is 224 g/mol. The van der Waals surface area contributed by atoms with Gasteiger partial charge in [-0.2, -0.15) is 0 Å². The highest BCUT2D eigenvalue weighted by Crippen LogP contribution is 2.13. The highest BCUT2D eigenvalue weighted by molar-refractivity contribution is 5.99. The van der Waals surface area contributed by atoms with E-state index in [0.717, 1.165) is 11.3 Å². The van der Waals surface area contributed by atoms with Gasteiger partial charge in [0.15, 0.2) is 0 Å². The van der Waals surface area contributed by atoms with Crippen LogP contribution in [0.3, 0.4) is 0 Å². The summed E-state index contributed by atoms with van der Waals surface area (Å²) in [6.07, 6.45) is 0. The number of nitrogens with two attached hydrogens (primary N) is 1. The van der Waals surface area contributed by atoms with Crippen molar-refractivity contribution in [1.29, 1.82) is 0 Å². The zero-order valence-electron chi connectivity index (χ0n) is 10.1. The molecule has 2 aromatic carbocycles. The zero-order chi connectivity index (χ0) is 12.3. The van der Waals surface area contributed by atoms with Gasteiger partial charge in [-0.3, -0.25) is 0 Å². The van der Waals surface area contributed by atoms with Crippen molar-refractivity contribution in [3.8, 4) is 0 Å². The molecule has 2 N–H and O–H groups in total. The summed E-state index contributed by atoms with van der Waals surface area (Å²) >= 11 is 0. The summed E-state index contributed by atoms with van der Waals surface area (Å²) in [7, 11) is 0. The van der Waals surface area contributed by atoms with E-state index in [9.17, 15) is 0 Å². The number of aliphatic imine (C=N–C) groups is 1. The lowest BCUT2D eigenvalue weighted by molar-refractivity contribution is 1.35. The van der Waals surface area contributed by atoms with Crippen LogP contribution in [0.1, 0.15) is 16.7 Å². The molecule has 0 aromatic heterocycles. The summed E-state index contributed by atoms with van der Waals surface area (Å²) in [6.45, 7) is 4.12. The van der Waals surface area contributed by atoms with Crippen molar-refractivity contribution in [3.63, 3.8) is 0 Å². The monoisotopic (exact) mass is 224 g/mol. The molecule has 0 aliphatic carbocycles. The number of amidine groups is 1. The lowest BCUT2D eigenvalue weighted by Gasteiger charge is -2.04. The van der Waals surface area contributed by atoms with Gasteiger partial charge in [0.25, 0.3) is 0 Å². The SMILES string of the molecule is Cc1cc(C)cc(C(N)=Nc2ccccc2)c1. The second-order valence-corrected chi connectivity index (χ2v) is 4.21. The van der Waals surface area contributed by atoms with E-state index in [2.05, 4.69) is 37.0 Å². The maximum absolute atomic E-state index is 6.01. The molecular weight excluding hydrogens is 208 g/mol. The van der Waals surface area contributed by atoms with Crippen LogP contribution in [0.5, 0.6) is 0 Å². The summed E-state index contributed by atoms with van der Waals surface area (Å²) in [5, 5.41) is 0. The molecule has 0 aliphatic heterocycles. The van der Waals surface area contributed by atoms with Crippen molar-refractivity contribution >= 4 is 11.5 Å². The van der Waals surface area contributed by atoms with E-state index in [1.807, 2.05) is 30.3 Å². The van der Waals surface area contributed by atoms with Crippen LogP contribution in [0.25, 0.3) is 0 Å². The Bertz CT molecular complexity index is 522. The topological polar surface area (TPSA) is 38.4 Å². The van der Waals surface area contributed by atoms with Crippen LogP contribution in [0, 0.1) is 13.8 Å². The minimum absolute atomic E-state index is 0.558. The molecule has 0 fully saturated rings. The highest BCUT2D eigenvalue weighted by Gasteiger charge is 2.00. The van der Waals surface area contributed by atoms with Gasteiger partial charge in [0, 0.05) is 5.56 Å². The zero-order valence-corrected chi connectivity index (χ0v) is 10.1. The number of nitrogens with zero attached hydrogens (tertiary/aromatic N) is 1. The first-order chi connectivity index (χ1) is 8.15. The van der Waals surface area contributed by atoms with Crippen molar-refractivity contribution in [2.24, 2.45) is 10.7 Å². The molecule has 2 heteroatoms. The molecule has 86 valence electrons. The Morgan fingerprint density at radius 3 is 2.12 bits per heavy atom. The molecule has 0 aliphatic rings. The molecule has 0 radical (unpaired) electrons. The standard InChI is InChI=1S/C15H16N2/c1-11-8-12(2)10-13(9-11)15(16)17-14-6-4-3-5-7-14/h3-10H,1-2H3,(H2,16,17). The number of rotatable bonds is 2. The van der Waals surface area contributed by atoms with E-state index in [4.69, 9.17) is 5.73 Å². The first-order valence-corrected chi connectivity index (χ1v) is 5.63. The average Bonchev–Trinajstić information content (AvgIpc) is 2.29. The number of hydrogen-bond acceptors (Lipinski definition) is 1. The van der Waals surface area contributed by atoms with Gasteiger partial charge in [0.05, 0.1) is 5.69 Å². The van der Waals surface area contributed by atoms with Gasteiger partial charge in [-0.25, -0.2) is 4.99 Å². The largest absolute Gasteiger partial charge is 0.383 e. The molecule has 17 heavy (non-hydrogen) atoms. The molecule has 0 unspecified atom stereocenters. The smallest absolute Gasteiger partial charge is 0.131 e. The van der Waals surface area contributed by atoms with Crippen LogP contribution in [0.4, 0.5) is 5.69 Å². The molecule has 0 saturated carbocycles. The van der Waals surface area contributed by atoms with Gasteiger partial charge < -0.3 is 5.73 Å². The second-order valence-electron chi connectivity index (χ2n) is 4.21. The maximum Gasteiger partial charge on any atom is 0.131 e. The van der Waals surface area contributed by atoms with Crippen LogP contribution in [0.15, 0.2) is 53.5 Å². The van der Waals surface area contributed by atoms with Gasteiger partial charge in [-0.05, 0) is 38.1 Å². The number of benzene rings is 2. The summed E-state index contributed by atoms with van der Waals surface area (Å²) in [4.78, 5) is 4.41. The first-order valence-electron chi connectivity index (χ1n) is 5.63. The molecule has 0 heterocycles. The summed E-state index contributed by atoms with van der Waals surface area (Å²) in [5.74, 6) is 0.558. The summed E-state index contributed by atoms with van der Waals surface area (Å²) in [5.41, 5.74) is 10.3. The predicted molar refractivity (Wildman–Crippen MR) is 72.7 cm³/mol. The molecule has 0 amide bonds.